The summed E-state index contributed by atoms with van der Waals surface area (Å²) in [5, 5.41) is 6.93. The second-order valence-corrected chi connectivity index (χ2v) is 5.92. The molecule has 0 radical (unpaired) electrons. The maximum atomic E-state index is 11.8. The van der Waals surface area contributed by atoms with Crippen LogP contribution in [0.25, 0.3) is 0 Å². The first-order valence-electron chi connectivity index (χ1n) is 7.41. The number of nitrogens with zero attached hydrogens (tertiary/aromatic N) is 1. The monoisotopic (exact) mass is 327 g/mol. The molecule has 0 bridgehead atoms. The second-order valence-electron chi connectivity index (χ2n) is 5.51. The summed E-state index contributed by atoms with van der Waals surface area (Å²) in [4.78, 5) is 13.4. The van der Waals surface area contributed by atoms with Crippen molar-refractivity contribution in [3.8, 4) is 0 Å². The Kier molecular flexibility index (Phi) is 5.71. The fraction of sp³-hybridized carbons (Fsp3) is 0.222. The first-order valence-corrected chi connectivity index (χ1v) is 7.82. The van der Waals surface area contributed by atoms with Gasteiger partial charge >= 0.3 is 0 Å². The number of carbonyl (C=O) groups is 1. The van der Waals surface area contributed by atoms with Gasteiger partial charge in [-0.3, -0.25) is 4.79 Å². The number of thiocarbonyl (C=S) groups is 1. The zero-order valence-corrected chi connectivity index (χ0v) is 14.4. The molecule has 0 heterocycles. The van der Waals surface area contributed by atoms with Crippen LogP contribution in [0.15, 0.2) is 54.6 Å². The maximum absolute atomic E-state index is 11.8. The molecular weight excluding hydrogens is 306 g/mol. The Morgan fingerprint density at radius 3 is 2.22 bits per heavy atom. The van der Waals surface area contributed by atoms with Crippen molar-refractivity contribution in [3.05, 3.63) is 65.7 Å². The van der Waals surface area contributed by atoms with Gasteiger partial charge in [-0.25, -0.2) is 0 Å². The zero-order valence-electron chi connectivity index (χ0n) is 13.5. The van der Waals surface area contributed by atoms with Crippen LogP contribution in [0, 0.1) is 0 Å². The third-order valence-electron chi connectivity index (χ3n) is 3.44. The number of hydrogen-bond donors (Lipinski definition) is 2. The highest BCUT2D eigenvalue weighted by Crippen LogP contribution is 2.13. The largest absolute Gasteiger partial charge is 0.356 e. The fourth-order valence-electron chi connectivity index (χ4n) is 2.14. The van der Waals surface area contributed by atoms with Crippen molar-refractivity contribution < 1.29 is 4.79 Å². The van der Waals surface area contributed by atoms with Gasteiger partial charge in [-0.1, -0.05) is 30.3 Å². The average Bonchev–Trinajstić information content (AvgIpc) is 2.55. The van der Waals surface area contributed by atoms with Crippen molar-refractivity contribution >= 4 is 28.9 Å². The van der Waals surface area contributed by atoms with Gasteiger partial charge in [0, 0.05) is 25.3 Å². The number of benzene rings is 2. The Bertz CT molecular complexity index is 668. The summed E-state index contributed by atoms with van der Waals surface area (Å²) in [7, 11) is 3.47. The van der Waals surface area contributed by atoms with Crippen molar-refractivity contribution in [3.63, 3.8) is 0 Å². The molecule has 0 unspecified atom stereocenters. The van der Waals surface area contributed by atoms with E-state index < -0.39 is 0 Å². The van der Waals surface area contributed by atoms with Crippen LogP contribution in [0.4, 0.5) is 5.69 Å². The van der Waals surface area contributed by atoms with Gasteiger partial charge in [0.15, 0.2) is 5.11 Å². The standard InChI is InChI=1S/C18H21N3OS/c1-13(14-7-5-4-6-8-14)19-18(23)20-16-11-9-15(10-12-16)17(22)21(2)3/h4-13H,1-3H3,(H2,19,20,23)/t13-/m0/s1. The first-order chi connectivity index (χ1) is 11.0. The van der Waals surface area contributed by atoms with Crippen LogP contribution < -0.4 is 10.6 Å². The number of rotatable bonds is 4. The van der Waals surface area contributed by atoms with Gasteiger partial charge < -0.3 is 15.5 Å². The predicted molar refractivity (Wildman–Crippen MR) is 98.7 cm³/mol. The van der Waals surface area contributed by atoms with E-state index in [1.807, 2.05) is 30.3 Å². The van der Waals surface area contributed by atoms with Gasteiger partial charge in [0.1, 0.15) is 0 Å². The molecule has 1 atom stereocenters. The molecule has 0 aliphatic rings. The summed E-state index contributed by atoms with van der Waals surface area (Å²) in [5.41, 5.74) is 2.67. The van der Waals surface area contributed by atoms with Gasteiger partial charge in [-0.2, -0.15) is 0 Å². The van der Waals surface area contributed by atoms with E-state index in [9.17, 15) is 4.79 Å². The van der Waals surface area contributed by atoms with Gasteiger partial charge in [-0.15, -0.1) is 0 Å². The van der Waals surface area contributed by atoms with Crippen LogP contribution >= 0.6 is 12.2 Å². The minimum atomic E-state index is -0.0186. The lowest BCUT2D eigenvalue weighted by Gasteiger charge is -2.17. The molecule has 0 aromatic heterocycles. The highest BCUT2D eigenvalue weighted by Gasteiger charge is 2.09. The molecule has 0 saturated heterocycles. The number of anilines is 1. The molecule has 23 heavy (non-hydrogen) atoms. The first kappa shape index (κ1) is 17.0. The Hall–Kier alpha value is -2.40. The summed E-state index contributed by atoms with van der Waals surface area (Å²) >= 11 is 5.34. The normalized spacial score (nSPS) is 11.4. The molecule has 2 N–H and O–H groups in total. The predicted octanol–water partition coefficient (Wildman–Crippen LogP) is 3.44. The van der Waals surface area contributed by atoms with Crippen LogP contribution in [0.5, 0.6) is 0 Å². The Morgan fingerprint density at radius 2 is 1.65 bits per heavy atom. The van der Waals surface area contributed by atoms with Crippen molar-refractivity contribution in [1.29, 1.82) is 0 Å². The van der Waals surface area contributed by atoms with Crippen molar-refractivity contribution in [1.82, 2.24) is 10.2 Å². The van der Waals surface area contributed by atoms with E-state index in [1.165, 1.54) is 5.56 Å². The SMILES string of the molecule is C[C@H](NC(=S)Nc1ccc(C(=O)N(C)C)cc1)c1ccccc1. The quantitative estimate of drug-likeness (QED) is 0.845. The van der Waals surface area contributed by atoms with E-state index >= 15 is 0 Å². The third-order valence-corrected chi connectivity index (χ3v) is 3.66. The van der Waals surface area contributed by atoms with Crippen molar-refractivity contribution in [2.45, 2.75) is 13.0 Å². The van der Waals surface area contributed by atoms with Crippen molar-refractivity contribution in [2.24, 2.45) is 0 Å². The summed E-state index contributed by atoms with van der Waals surface area (Å²) in [5.74, 6) is -0.0186. The number of carbonyl (C=O) groups excluding carboxylic acids is 1. The average molecular weight is 327 g/mol. The maximum Gasteiger partial charge on any atom is 0.253 e. The Morgan fingerprint density at radius 1 is 1.04 bits per heavy atom. The smallest absolute Gasteiger partial charge is 0.253 e. The Labute approximate surface area is 142 Å². The molecule has 0 aliphatic carbocycles. The molecule has 120 valence electrons. The van der Waals surface area contributed by atoms with Gasteiger partial charge in [0.25, 0.3) is 5.91 Å². The molecule has 1 amide bonds. The number of nitrogens with one attached hydrogen (secondary N) is 2. The van der Waals surface area contributed by atoms with Gasteiger partial charge in [0.05, 0.1) is 6.04 Å². The number of hydrogen-bond acceptors (Lipinski definition) is 2. The fourth-order valence-corrected chi connectivity index (χ4v) is 2.44. The molecule has 2 aromatic rings. The molecular formula is C18H21N3OS. The summed E-state index contributed by atoms with van der Waals surface area (Å²) in [6.07, 6.45) is 0. The van der Waals surface area contributed by atoms with E-state index in [0.717, 1.165) is 5.69 Å². The summed E-state index contributed by atoms with van der Waals surface area (Å²) in [6, 6.07) is 17.5. The van der Waals surface area contributed by atoms with Crippen LogP contribution in [-0.2, 0) is 0 Å². The zero-order chi connectivity index (χ0) is 16.8. The highest BCUT2D eigenvalue weighted by molar-refractivity contribution is 7.80. The van der Waals surface area contributed by atoms with Crippen LogP contribution in [0.2, 0.25) is 0 Å². The highest BCUT2D eigenvalue weighted by atomic mass is 32.1. The number of amides is 1. The molecule has 0 fully saturated rings. The van der Waals surface area contributed by atoms with E-state index in [2.05, 4.69) is 29.7 Å². The molecule has 5 heteroatoms. The summed E-state index contributed by atoms with van der Waals surface area (Å²) in [6.45, 7) is 2.06. The van der Waals surface area contributed by atoms with Gasteiger partial charge in [0.2, 0.25) is 0 Å². The van der Waals surface area contributed by atoms with E-state index in [1.54, 1.807) is 31.1 Å². The molecule has 0 spiro atoms. The molecule has 0 saturated carbocycles. The minimum Gasteiger partial charge on any atom is -0.356 e. The molecule has 2 aromatic carbocycles. The third kappa shape index (κ3) is 4.79. The van der Waals surface area contributed by atoms with Crippen LogP contribution in [0.3, 0.4) is 0 Å². The lowest BCUT2D eigenvalue weighted by Crippen LogP contribution is -2.30. The van der Waals surface area contributed by atoms with E-state index in [0.29, 0.717) is 10.7 Å². The topological polar surface area (TPSA) is 44.4 Å². The minimum absolute atomic E-state index is 0.0186. The van der Waals surface area contributed by atoms with Crippen LogP contribution in [-0.4, -0.2) is 30.0 Å². The molecule has 4 nitrogen and oxygen atoms in total. The molecule has 2 rings (SSSR count). The van der Waals surface area contributed by atoms with E-state index in [4.69, 9.17) is 12.2 Å². The van der Waals surface area contributed by atoms with Crippen LogP contribution in [0.1, 0.15) is 28.9 Å². The second kappa shape index (κ2) is 7.74. The lowest BCUT2D eigenvalue weighted by molar-refractivity contribution is 0.0827. The lowest BCUT2D eigenvalue weighted by atomic mass is 10.1. The summed E-state index contributed by atoms with van der Waals surface area (Å²) < 4.78 is 0. The van der Waals surface area contributed by atoms with E-state index in [-0.39, 0.29) is 11.9 Å². The molecule has 0 aliphatic heterocycles. The Balaban J connectivity index is 1.94. The van der Waals surface area contributed by atoms with Crippen molar-refractivity contribution in [2.75, 3.05) is 19.4 Å². The van der Waals surface area contributed by atoms with Gasteiger partial charge in [-0.05, 0) is 49.0 Å².